The first kappa shape index (κ1) is 51.7. The number of hydrogen-bond acceptors (Lipinski definition) is 5. The minimum absolute atomic E-state index is 0.00901. The summed E-state index contributed by atoms with van der Waals surface area (Å²) in [5, 5.41) is 4.76. The van der Waals surface area contributed by atoms with Gasteiger partial charge in [0.2, 0.25) is 0 Å². The Morgan fingerprint density at radius 1 is 0.395 bits per heavy atom. The quantitative estimate of drug-likeness (QED) is 0.141. The van der Waals surface area contributed by atoms with Crippen LogP contribution in [0.5, 0.6) is 0 Å². The lowest BCUT2D eigenvalue weighted by Crippen LogP contribution is -2.61. The molecule has 0 atom stereocenters. The van der Waals surface area contributed by atoms with E-state index < -0.39 is 0 Å². The van der Waals surface area contributed by atoms with Crippen LogP contribution in [0.3, 0.4) is 0 Å². The number of benzene rings is 12. The van der Waals surface area contributed by atoms with Gasteiger partial charge in [-0.05, 0) is 133 Å². The van der Waals surface area contributed by atoms with Crippen LogP contribution in [0.4, 0.5) is 51.2 Å². The lowest BCUT2D eigenvalue weighted by molar-refractivity contribution is 0.590. The summed E-state index contributed by atoms with van der Waals surface area (Å²) in [6.07, 6.45) is 0. The average molecular weight is 1120 g/mol. The highest BCUT2D eigenvalue weighted by atomic mass is 32.1. The van der Waals surface area contributed by atoms with Gasteiger partial charge in [-0.3, -0.25) is 0 Å². The zero-order valence-corrected chi connectivity index (χ0v) is 50.0. The van der Waals surface area contributed by atoms with Crippen LogP contribution in [0.25, 0.3) is 75.5 Å². The van der Waals surface area contributed by atoms with Gasteiger partial charge in [-0.25, -0.2) is 0 Å². The number of para-hydroxylation sites is 4. The molecule has 16 rings (SSSR count). The number of fused-ring (bicyclic) bond motifs is 13. The molecule has 0 saturated carbocycles. The third kappa shape index (κ3) is 8.25. The number of thiophene rings is 1. The van der Waals surface area contributed by atoms with Crippen LogP contribution in [0, 0.1) is 0 Å². The number of rotatable bonds is 8. The molecule has 14 aromatic rings. The van der Waals surface area contributed by atoms with Crippen LogP contribution in [0.2, 0.25) is 0 Å². The summed E-state index contributed by atoms with van der Waals surface area (Å²) >= 11 is 1.91. The fourth-order valence-electron chi connectivity index (χ4n) is 13.8. The molecule has 0 radical (unpaired) electrons. The summed E-state index contributed by atoms with van der Waals surface area (Å²) in [5.41, 5.74) is 24.7. The van der Waals surface area contributed by atoms with Crippen molar-refractivity contribution in [1.82, 2.24) is 0 Å². The molecule has 86 heavy (non-hydrogen) atoms. The summed E-state index contributed by atoms with van der Waals surface area (Å²) in [6, 6.07) is 99.3. The average Bonchev–Trinajstić information content (AvgIpc) is 1.21. The normalized spacial score (nSPS) is 12.9. The molecule has 0 saturated heterocycles. The van der Waals surface area contributed by atoms with Crippen LogP contribution >= 0.6 is 11.3 Å². The van der Waals surface area contributed by atoms with Gasteiger partial charge in [-0.1, -0.05) is 236 Å². The monoisotopic (exact) mass is 1120 g/mol. The van der Waals surface area contributed by atoms with Crippen molar-refractivity contribution in [3.8, 4) is 33.4 Å². The van der Waals surface area contributed by atoms with Gasteiger partial charge in [-0.15, -0.1) is 11.3 Å². The first-order chi connectivity index (χ1) is 42.0. The molecular weight excluding hydrogens is 1060 g/mol. The first-order valence-corrected chi connectivity index (χ1v) is 30.8. The van der Waals surface area contributed by atoms with Crippen LogP contribution < -0.4 is 31.1 Å². The van der Waals surface area contributed by atoms with E-state index in [1.54, 1.807) is 0 Å². The van der Waals surface area contributed by atoms with E-state index >= 15 is 0 Å². The second-order valence-corrected chi connectivity index (χ2v) is 26.3. The Hall–Kier alpha value is -9.88. The fourth-order valence-corrected chi connectivity index (χ4v) is 15.1. The van der Waals surface area contributed by atoms with Gasteiger partial charge in [-0.2, -0.15) is 0 Å². The molecule has 0 bridgehead atoms. The highest BCUT2D eigenvalue weighted by Gasteiger charge is 2.48. The minimum atomic E-state index is -0.249. The molecule has 12 aromatic carbocycles. The Morgan fingerprint density at radius 2 is 0.930 bits per heavy atom. The van der Waals surface area contributed by atoms with Gasteiger partial charge in [0.15, 0.2) is 5.58 Å². The van der Waals surface area contributed by atoms with Crippen LogP contribution in [-0.2, 0) is 10.8 Å². The maximum Gasteiger partial charge on any atom is 0.254 e. The van der Waals surface area contributed by atoms with Crippen molar-refractivity contribution in [2.45, 2.75) is 52.4 Å². The SMILES string of the molecule is CC(C)(C)c1ccc(-c2cc3c4c(c2)N(c2ccccc2)c2c(c5sc6ccccc6c5c5c2oc2ccccc25)B4c2ccc(N(c4ccccc4)c4ccc(C(C)(C)C)cc4)cc2N3c2c(-c3ccccc3)cccc2-c2ccccc2)cc1. The number of furan rings is 1. The van der Waals surface area contributed by atoms with Crippen molar-refractivity contribution in [3.63, 3.8) is 0 Å². The Labute approximate surface area is 507 Å². The summed E-state index contributed by atoms with van der Waals surface area (Å²) in [5.74, 6) is 0. The van der Waals surface area contributed by atoms with E-state index in [0.717, 1.165) is 107 Å². The topological polar surface area (TPSA) is 22.9 Å². The third-order valence-corrected chi connectivity index (χ3v) is 19.1. The smallest absolute Gasteiger partial charge is 0.254 e. The number of anilines is 9. The van der Waals surface area contributed by atoms with E-state index in [4.69, 9.17) is 4.42 Å². The molecule has 0 fully saturated rings. The molecule has 2 aliphatic rings. The first-order valence-electron chi connectivity index (χ1n) is 30.0. The Balaban J connectivity index is 1.10. The van der Waals surface area contributed by atoms with E-state index in [2.05, 4.69) is 323 Å². The molecule has 0 spiro atoms. The van der Waals surface area contributed by atoms with Crippen molar-refractivity contribution in [1.29, 1.82) is 0 Å². The highest BCUT2D eigenvalue weighted by Crippen LogP contribution is 2.55. The fraction of sp³-hybridized carbons (Fsp3) is 0.100. The van der Waals surface area contributed by atoms with Crippen molar-refractivity contribution in [3.05, 3.63) is 278 Å². The number of hydrogen-bond donors (Lipinski definition) is 0. The summed E-state index contributed by atoms with van der Waals surface area (Å²) in [7, 11) is 0. The maximum atomic E-state index is 7.48. The maximum absolute atomic E-state index is 7.48. The molecule has 4 nitrogen and oxygen atoms in total. The van der Waals surface area contributed by atoms with E-state index in [-0.39, 0.29) is 17.5 Å². The van der Waals surface area contributed by atoms with E-state index in [1.165, 1.54) is 47.7 Å². The summed E-state index contributed by atoms with van der Waals surface area (Å²) in [6.45, 7) is 13.5. The molecule has 6 heteroatoms. The Morgan fingerprint density at radius 3 is 1.57 bits per heavy atom. The largest absolute Gasteiger partial charge is 0.454 e. The zero-order chi connectivity index (χ0) is 58.0. The predicted molar refractivity (Wildman–Crippen MR) is 369 cm³/mol. The van der Waals surface area contributed by atoms with Crippen LogP contribution in [-0.4, -0.2) is 6.71 Å². The summed E-state index contributed by atoms with van der Waals surface area (Å²) < 4.78 is 10.00. The van der Waals surface area contributed by atoms with Gasteiger partial charge in [0.05, 0.1) is 11.4 Å². The zero-order valence-electron chi connectivity index (χ0n) is 49.1. The van der Waals surface area contributed by atoms with Gasteiger partial charge in [0.1, 0.15) is 5.58 Å². The lowest BCUT2D eigenvalue weighted by atomic mass is 9.33. The second kappa shape index (κ2) is 19.9. The second-order valence-electron chi connectivity index (χ2n) is 25.2. The van der Waals surface area contributed by atoms with E-state index in [9.17, 15) is 0 Å². The molecular formula is C80H62BN3OS. The standard InChI is InChI=1S/C80H62BN3OS/c1-79(2,3)55-40-38-51(39-41-55)54-48-67-73-68(49-54)84(75-61(52-24-11-7-12-25-52)34-23-35-62(75)53-26-13-8-14-27-53)66-50-60(82(57-28-15-9-16-29-57)59-44-42-56(43-45-59)80(4,5)6)46-47-65(66)81(73)74-76(83(67)58-30-17-10-18-31-58)77-71(63-32-19-21-36-69(63)85-77)72-64-33-20-22-37-70(64)86-78(72)74/h7-50H,1-6H3. The van der Waals surface area contributed by atoms with Crippen molar-refractivity contribution >= 4 is 128 Å². The predicted octanol–water partition coefficient (Wildman–Crippen LogP) is 21.1. The minimum Gasteiger partial charge on any atom is -0.454 e. The van der Waals surface area contributed by atoms with E-state index in [1.807, 2.05) is 11.3 Å². The molecule has 4 heterocycles. The van der Waals surface area contributed by atoms with Crippen molar-refractivity contribution in [2.75, 3.05) is 14.7 Å². The Bertz CT molecular complexity index is 4890. The van der Waals surface area contributed by atoms with E-state index in [0.29, 0.717) is 0 Å². The molecule has 0 amide bonds. The molecule has 412 valence electrons. The molecule has 0 unspecified atom stereocenters. The molecule has 2 aliphatic heterocycles. The molecule has 2 aromatic heterocycles. The highest BCUT2D eigenvalue weighted by molar-refractivity contribution is 7.28. The van der Waals surface area contributed by atoms with Gasteiger partial charge < -0.3 is 19.1 Å². The molecule has 0 N–H and O–H groups in total. The third-order valence-electron chi connectivity index (χ3n) is 17.9. The van der Waals surface area contributed by atoms with Gasteiger partial charge >= 0.3 is 0 Å². The van der Waals surface area contributed by atoms with Crippen LogP contribution in [0.1, 0.15) is 52.7 Å². The molecule has 0 aliphatic carbocycles. The van der Waals surface area contributed by atoms with Crippen molar-refractivity contribution < 1.29 is 4.42 Å². The van der Waals surface area contributed by atoms with Gasteiger partial charge in [0.25, 0.3) is 6.71 Å². The van der Waals surface area contributed by atoms with Crippen molar-refractivity contribution in [2.24, 2.45) is 0 Å². The van der Waals surface area contributed by atoms with Crippen LogP contribution in [0.15, 0.2) is 271 Å². The Kier molecular flexibility index (Phi) is 12.0. The number of nitrogens with zero attached hydrogens (tertiary/aromatic N) is 3. The summed E-state index contributed by atoms with van der Waals surface area (Å²) in [4.78, 5) is 7.66. The van der Waals surface area contributed by atoms with Gasteiger partial charge in [0, 0.05) is 81.9 Å². The lowest BCUT2D eigenvalue weighted by Gasteiger charge is -2.45.